The summed E-state index contributed by atoms with van der Waals surface area (Å²) in [6.45, 7) is 3.60. The van der Waals surface area contributed by atoms with Crippen LogP contribution in [0.5, 0.6) is 0 Å². The van der Waals surface area contributed by atoms with Gasteiger partial charge < -0.3 is 14.9 Å². The van der Waals surface area contributed by atoms with Crippen molar-refractivity contribution >= 4 is 5.91 Å². The van der Waals surface area contributed by atoms with Crippen LogP contribution >= 0.6 is 0 Å². The molecule has 28 heavy (non-hydrogen) atoms. The van der Waals surface area contributed by atoms with Crippen molar-refractivity contribution < 1.29 is 14.3 Å². The molecule has 2 aliphatic rings. The van der Waals surface area contributed by atoms with Gasteiger partial charge in [0, 0.05) is 24.2 Å². The summed E-state index contributed by atoms with van der Waals surface area (Å²) in [6.07, 6.45) is 3.84. The first kappa shape index (κ1) is 19.1. The highest BCUT2D eigenvalue weighted by molar-refractivity contribution is 6.01. The fourth-order valence-electron chi connectivity index (χ4n) is 4.53. The predicted octanol–water partition coefficient (Wildman–Crippen LogP) is 3.56. The highest BCUT2D eigenvalue weighted by Gasteiger charge is 2.37. The van der Waals surface area contributed by atoms with Crippen LogP contribution in [0.3, 0.4) is 0 Å². The van der Waals surface area contributed by atoms with E-state index >= 15 is 0 Å². The molecular formula is C23H27FN2O2. The number of β-amino-alcohol motifs (C(OH)–C–C–N with tert-alkyl or cyclic N) is 1. The number of carbonyl (C=O) groups is 1. The quantitative estimate of drug-likeness (QED) is 0.879. The Balaban J connectivity index is 1.57. The molecule has 0 unspecified atom stereocenters. The van der Waals surface area contributed by atoms with E-state index in [1.54, 1.807) is 41.3 Å². The van der Waals surface area contributed by atoms with Gasteiger partial charge in [0.25, 0.3) is 5.91 Å². The molecular weight excluding hydrogens is 355 g/mol. The molecule has 0 spiro atoms. The van der Waals surface area contributed by atoms with E-state index in [2.05, 4.69) is 4.90 Å². The van der Waals surface area contributed by atoms with Gasteiger partial charge in [-0.2, -0.15) is 0 Å². The van der Waals surface area contributed by atoms with E-state index in [0.717, 1.165) is 19.5 Å². The summed E-state index contributed by atoms with van der Waals surface area (Å²) in [5, 5.41) is 11.1. The van der Waals surface area contributed by atoms with Gasteiger partial charge in [-0.1, -0.05) is 36.4 Å². The van der Waals surface area contributed by atoms with Gasteiger partial charge in [0.05, 0.1) is 12.1 Å². The van der Waals surface area contributed by atoms with Crippen molar-refractivity contribution in [2.24, 2.45) is 0 Å². The van der Waals surface area contributed by atoms with E-state index in [1.807, 2.05) is 6.07 Å². The Bertz CT molecular complexity index is 850. The van der Waals surface area contributed by atoms with E-state index < -0.39 is 5.60 Å². The third-order valence-corrected chi connectivity index (χ3v) is 5.88. The van der Waals surface area contributed by atoms with Crippen LogP contribution in [-0.2, 0) is 0 Å². The van der Waals surface area contributed by atoms with Gasteiger partial charge in [-0.25, -0.2) is 4.39 Å². The Kier molecular flexibility index (Phi) is 5.47. The van der Waals surface area contributed by atoms with Crippen LogP contribution in [-0.4, -0.2) is 59.1 Å². The molecule has 0 aliphatic carbocycles. The summed E-state index contributed by atoms with van der Waals surface area (Å²) < 4.78 is 14.3. The number of aliphatic hydroxyl groups is 1. The number of rotatable bonds is 4. The van der Waals surface area contributed by atoms with E-state index in [0.29, 0.717) is 42.7 Å². The van der Waals surface area contributed by atoms with Gasteiger partial charge in [-0.3, -0.25) is 4.79 Å². The molecule has 0 bridgehead atoms. The van der Waals surface area contributed by atoms with E-state index in [4.69, 9.17) is 0 Å². The van der Waals surface area contributed by atoms with E-state index in [9.17, 15) is 14.3 Å². The minimum Gasteiger partial charge on any atom is -0.387 e. The Morgan fingerprint density at radius 1 is 0.964 bits per heavy atom. The van der Waals surface area contributed by atoms with Crippen LogP contribution < -0.4 is 0 Å². The van der Waals surface area contributed by atoms with E-state index in [-0.39, 0.29) is 11.7 Å². The van der Waals surface area contributed by atoms with Crippen molar-refractivity contribution in [2.75, 3.05) is 32.7 Å². The smallest absolute Gasteiger partial charge is 0.254 e. The first-order valence-corrected chi connectivity index (χ1v) is 10.1. The summed E-state index contributed by atoms with van der Waals surface area (Å²) >= 11 is 0. The van der Waals surface area contributed by atoms with Crippen molar-refractivity contribution in [3.63, 3.8) is 0 Å². The average Bonchev–Trinajstić information content (AvgIpc) is 3.20. The molecule has 0 aromatic heterocycles. The molecule has 4 nitrogen and oxygen atoms in total. The Labute approximate surface area is 165 Å². The number of amides is 1. The first-order valence-electron chi connectivity index (χ1n) is 10.1. The summed E-state index contributed by atoms with van der Waals surface area (Å²) in [5.74, 6) is -0.481. The lowest BCUT2D eigenvalue weighted by Crippen LogP contribution is -2.55. The van der Waals surface area contributed by atoms with Crippen LogP contribution in [0, 0.1) is 5.82 Å². The topological polar surface area (TPSA) is 43.8 Å². The predicted molar refractivity (Wildman–Crippen MR) is 108 cm³/mol. The molecule has 2 aromatic rings. The number of benzene rings is 2. The van der Waals surface area contributed by atoms with Crippen molar-refractivity contribution in [1.29, 1.82) is 0 Å². The lowest BCUT2D eigenvalue weighted by atomic mass is 9.91. The maximum atomic E-state index is 14.3. The zero-order chi connectivity index (χ0) is 19.6. The maximum absolute atomic E-state index is 14.3. The van der Waals surface area contributed by atoms with Crippen LogP contribution in [0.1, 0.15) is 36.0 Å². The van der Waals surface area contributed by atoms with Gasteiger partial charge in [0.1, 0.15) is 5.82 Å². The largest absolute Gasteiger partial charge is 0.387 e. The fourth-order valence-corrected chi connectivity index (χ4v) is 4.53. The van der Waals surface area contributed by atoms with Crippen LogP contribution in [0.2, 0.25) is 0 Å². The third-order valence-electron chi connectivity index (χ3n) is 5.88. The fraction of sp³-hybridized carbons (Fsp3) is 0.435. The first-order chi connectivity index (χ1) is 13.6. The summed E-state index contributed by atoms with van der Waals surface area (Å²) in [4.78, 5) is 17.3. The minimum atomic E-state index is -0.870. The molecule has 0 radical (unpaired) electrons. The molecule has 5 heteroatoms. The molecule has 0 saturated carbocycles. The second kappa shape index (κ2) is 8.02. The molecule has 2 aromatic carbocycles. The molecule has 4 rings (SSSR count). The number of carbonyl (C=O) groups excluding carboxylic acids is 1. The molecule has 1 amide bonds. The Morgan fingerprint density at radius 3 is 2.39 bits per heavy atom. The average molecular weight is 382 g/mol. The SMILES string of the molecule is O=C(c1ccccc1-c1ccccc1F)N1CCC[C@](O)(CN2CCCC2)C1. The van der Waals surface area contributed by atoms with Gasteiger partial charge in [-0.05, 0) is 56.5 Å². The monoisotopic (exact) mass is 382 g/mol. The summed E-state index contributed by atoms with van der Waals surface area (Å²) in [6, 6.07) is 13.7. The number of piperidine rings is 1. The van der Waals surface area contributed by atoms with Crippen molar-refractivity contribution in [2.45, 2.75) is 31.3 Å². The van der Waals surface area contributed by atoms with Crippen molar-refractivity contribution in [1.82, 2.24) is 9.80 Å². The Morgan fingerprint density at radius 2 is 1.64 bits per heavy atom. The van der Waals surface area contributed by atoms with Crippen molar-refractivity contribution in [3.8, 4) is 11.1 Å². The lowest BCUT2D eigenvalue weighted by molar-refractivity contribution is -0.0430. The second-order valence-corrected chi connectivity index (χ2v) is 8.06. The highest BCUT2D eigenvalue weighted by Crippen LogP contribution is 2.30. The highest BCUT2D eigenvalue weighted by atomic mass is 19.1. The molecule has 2 fully saturated rings. The third kappa shape index (κ3) is 3.96. The zero-order valence-corrected chi connectivity index (χ0v) is 16.1. The molecule has 2 aliphatic heterocycles. The Hall–Kier alpha value is -2.24. The normalized spacial score (nSPS) is 23.1. The van der Waals surface area contributed by atoms with Gasteiger partial charge in [0.15, 0.2) is 0 Å². The van der Waals surface area contributed by atoms with Gasteiger partial charge in [0.2, 0.25) is 0 Å². The van der Waals surface area contributed by atoms with Gasteiger partial charge in [-0.15, -0.1) is 0 Å². The summed E-state index contributed by atoms with van der Waals surface area (Å²) in [7, 11) is 0. The van der Waals surface area contributed by atoms with E-state index in [1.165, 1.54) is 18.9 Å². The standard InChI is InChI=1S/C23H27FN2O2/c24-21-11-4-3-9-19(21)18-8-1-2-10-20(18)22(27)26-15-7-12-23(28,17-26)16-25-13-5-6-14-25/h1-4,8-11,28H,5-7,12-17H2/t23-/m0/s1. The number of hydrogen-bond acceptors (Lipinski definition) is 3. The second-order valence-electron chi connectivity index (χ2n) is 8.06. The minimum absolute atomic E-state index is 0.140. The molecule has 148 valence electrons. The molecule has 1 atom stereocenters. The zero-order valence-electron chi connectivity index (χ0n) is 16.1. The number of hydrogen-bond donors (Lipinski definition) is 1. The number of likely N-dealkylation sites (tertiary alicyclic amines) is 2. The van der Waals surface area contributed by atoms with Crippen LogP contribution in [0.15, 0.2) is 48.5 Å². The van der Waals surface area contributed by atoms with Crippen LogP contribution in [0.25, 0.3) is 11.1 Å². The van der Waals surface area contributed by atoms with Crippen LogP contribution in [0.4, 0.5) is 4.39 Å². The summed E-state index contributed by atoms with van der Waals surface area (Å²) in [5.41, 5.74) is 0.638. The molecule has 2 saturated heterocycles. The number of halogens is 1. The van der Waals surface area contributed by atoms with Gasteiger partial charge >= 0.3 is 0 Å². The maximum Gasteiger partial charge on any atom is 0.254 e. The molecule has 1 N–H and O–H groups in total. The molecule has 2 heterocycles. The lowest BCUT2D eigenvalue weighted by Gasteiger charge is -2.41. The van der Waals surface area contributed by atoms with Crippen molar-refractivity contribution in [3.05, 3.63) is 59.9 Å². The number of nitrogens with zero attached hydrogens (tertiary/aromatic N) is 2.